The van der Waals surface area contributed by atoms with Crippen LogP contribution in [0.25, 0.3) is 0 Å². The molecule has 2 rings (SSSR count). The van der Waals surface area contributed by atoms with Crippen molar-refractivity contribution < 1.29 is 14.3 Å². The van der Waals surface area contributed by atoms with Crippen LogP contribution in [0.1, 0.15) is 22.0 Å². The van der Waals surface area contributed by atoms with Crippen LogP contribution in [0.5, 0.6) is 11.5 Å². The van der Waals surface area contributed by atoms with Gasteiger partial charge in [0.05, 0.1) is 25.8 Å². The molecule has 0 heterocycles. The average Bonchev–Trinajstić information content (AvgIpc) is 2.62. The summed E-state index contributed by atoms with van der Waals surface area (Å²) in [5.74, 6) is 0.710. The van der Waals surface area contributed by atoms with Crippen LogP contribution in [0.15, 0.2) is 42.5 Å². The third-order valence-electron chi connectivity index (χ3n) is 3.99. The number of nitrogens with zero attached hydrogens (tertiary/aromatic N) is 1. The van der Waals surface area contributed by atoms with Gasteiger partial charge in [-0.25, -0.2) is 0 Å². The molecule has 0 aliphatic rings. The van der Waals surface area contributed by atoms with Crippen molar-refractivity contribution in [2.75, 3.05) is 34.9 Å². The SMILES string of the molecule is COc1cccc(C(=O)NC[C@@H](c2ccccc2Cl)N(C)C)c1OC. The van der Waals surface area contributed by atoms with E-state index < -0.39 is 0 Å². The molecule has 6 heteroatoms. The number of amides is 1. The highest BCUT2D eigenvalue weighted by molar-refractivity contribution is 6.31. The largest absolute Gasteiger partial charge is 0.493 e. The van der Waals surface area contributed by atoms with E-state index in [9.17, 15) is 4.79 Å². The molecule has 0 aliphatic heterocycles. The molecule has 25 heavy (non-hydrogen) atoms. The summed E-state index contributed by atoms with van der Waals surface area (Å²) in [6.07, 6.45) is 0. The zero-order valence-corrected chi connectivity index (χ0v) is 15.6. The summed E-state index contributed by atoms with van der Waals surface area (Å²) in [6.45, 7) is 0.413. The van der Waals surface area contributed by atoms with Crippen molar-refractivity contribution in [2.45, 2.75) is 6.04 Å². The number of benzene rings is 2. The molecular weight excluding hydrogens is 340 g/mol. The number of rotatable bonds is 7. The Hall–Kier alpha value is -2.24. The molecule has 1 atom stereocenters. The number of nitrogens with one attached hydrogen (secondary N) is 1. The lowest BCUT2D eigenvalue weighted by atomic mass is 10.1. The van der Waals surface area contributed by atoms with Crippen molar-refractivity contribution in [2.24, 2.45) is 0 Å². The molecule has 1 N–H and O–H groups in total. The molecule has 0 fully saturated rings. The van der Waals surface area contributed by atoms with Crippen molar-refractivity contribution in [3.05, 3.63) is 58.6 Å². The molecule has 2 aromatic rings. The van der Waals surface area contributed by atoms with Gasteiger partial charge in [-0.05, 0) is 37.9 Å². The van der Waals surface area contributed by atoms with E-state index >= 15 is 0 Å². The van der Waals surface area contributed by atoms with E-state index in [1.165, 1.54) is 7.11 Å². The van der Waals surface area contributed by atoms with Crippen LogP contribution in [0.4, 0.5) is 0 Å². The van der Waals surface area contributed by atoms with Gasteiger partial charge in [-0.3, -0.25) is 4.79 Å². The molecule has 0 bridgehead atoms. The molecule has 0 aromatic heterocycles. The van der Waals surface area contributed by atoms with E-state index in [1.54, 1.807) is 25.3 Å². The zero-order valence-electron chi connectivity index (χ0n) is 14.9. The van der Waals surface area contributed by atoms with E-state index in [4.69, 9.17) is 21.1 Å². The number of carbonyl (C=O) groups excluding carboxylic acids is 1. The number of halogens is 1. The van der Waals surface area contributed by atoms with Crippen LogP contribution < -0.4 is 14.8 Å². The number of hydrogen-bond acceptors (Lipinski definition) is 4. The van der Waals surface area contributed by atoms with Gasteiger partial charge in [0.15, 0.2) is 11.5 Å². The van der Waals surface area contributed by atoms with Crippen molar-refractivity contribution >= 4 is 17.5 Å². The molecule has 0 radical (unpaired) electrons. The number of ether oxygens (including phenoxy) is 2. The van der Waals surface area contributed by atoms with Gasteiger partial charge < -0.3 is 19.7 Å². The zero-order chi connectivity index (χ0) is 18.4. The van der Waals surface area contributed by atoms with E-state index in [-0.39, 0.29) is 11.9 Å². The van der Waals surface area contributed by atoms with E-state index in [1.807, 2.05) is 43.3 Å². The highest BCUT2D eigenvalue weighted by atomic mass is 35.5. The Morgan fingerprint density at radius 3 is 2.44 bits per heavy atom. The van der Waals surface area contributed by atoms with Gasteiger partial charge in [0.25, 0.3) is 5.91 Å². The molecular formula is C19H23ClN2O3. The van der Waals surface area contributed by atoms with Gasteiger partial charge in [-0.2, -0.15) is 0 Å². The van der Waals surface area contributed by atoms with Crippen LogP contribution in [-0.2, 0) is 0 Å². The highest BCUT2D eigenvalue weighted by Gasteiger charge is 2.20. The molecule has 1 amide bonds. The first-order chi connectivity index (χ1) is 12.0. The third-order valence-corrected chi connectivity index (χ3v) is 4.34. The maximum atomic E-state index is 12.6. The molecule has 0 saturated heterocycles. The summed E-state index contributed by atoms with van der Waals surface area (Å²) in [5, 5.41) is 3.63. The predicted molar refractivity (Wildman–Crippen MR) is 99.8 cm³/mol. The van der Waals surface area contributed by atoms with Gasteiger partial charge in [-0.15, -0.1) is 0 Å². The van der Waals surface area contributed by atoms with Crippen molar-refractivity contribution in [1.82, 2.24) is 10.2 Å². The quantitative estimate of drug-likeness (QED) is 0.820. The minimum Gasteiger partial charge on any atom is -0.493 e. The molecule has 0 unspecified atom stereocenters. The third kappa shape index (κ3) is 4.44. The summed E-state index contributed by atoms with van der Waals surface area (Å²) < 4.78 is 10.6. The second-order valence-corrected chi connectivity index (χ2v) is 6.16. The fourth-order valence-corrected chi connectivity index (χ4v) is 2.93. The minimum absolute atomic E-state index is 0.0470. The van der Waals surface area contributed by atoms with Crippen LogP contribution in [-0.4, -0.2) is 45.7 Å². The van der Waals surface area contributed by atoms with Crippen LogP contribution in [0.2, 0.25) is 5.02 Å². The van der Waals surface area contributed by atoms with Gasteiger partial charge in [0.2, 0.25) is 0 Å². The smallest absolute Gasteiger partial charge is 0.255 e. The Morgan fingerprint density at radius 1 is 1.12 bits per heavy atom. The number of para-hydroxylation sites is 1. The Labute approximate surface area is 153 Å². The molecule has 2 aromatic carbocycles. The fraction of sp³-hybridized carbons (Fsp3) is 0.316. The Bertz CT molecular complexity index is 734. The van der Waals surface area contributed by atoms with Gasteiger partial charge in [0.1, 0.15) is 0 Å². The first-order valence-corrected chi connectivity index (χ1v) is 8.27. The number of hydrogen-bond donors (Lipinski definition) is 1. The lowest BCUT2D eigenvalue weighted by molar-refractivity contribution is 0.0938. The van der Waals surface area contributed by atoms with E-state index in [0.717, 1.165) is 5.56 Å². The Morgan fingerprint density at radius 2 is 1.84 bits per heavy atom. The van der Waals surface area contributed by atoms with Gasteiger partial charge in [-0.1, -0.05) is 35.9 Å². The average molecular weight is 363 g/mol. The number of methoxy groups -OCH3 is 2. The minimum atomic E-state index is -0.227. The fourth-order valence-electron chi connectivity index (χ4n) is 2.67. The second kappa shape index (κ2) is 8.74. The molecule has 0 spiro atoms. The van der Waals surface area contributed by atoms with Crippen LogP contribution >= 0.6 is 11.6 Å². The maximum Gasteiger partial charge on any atom is 0.255 e. The normalized spacial score (nSPS) is 11.9. The summed E-state index contributed by atoms with van der Waals surface area (Å²) in [5.41, 5.74) is 1.39. The van der Waals surface area contributed by atoms with Crippen molar-refractivity contribution in [1.29, 1.82) is 0 Å². The molecule has 134 valence electrons. The Kier molecular flexibility index (Phi) is 6.67. The molecule has 0 saturated carbocycles. The predicted octanol–water partition coefficient (Wildman–Crippen LogP) is 3.39. The van der Waals surface area contributed by atoms with Crippen LogP contribution in [0, 0.1) is 0 Å². The topological polar surface area (TPSA) is 50.8 Å². The number of carbonyl (C=O) groups is 1. The second-order valence-electron chi connectivity index (χ2n) is 5.75. The number of likely N-dealkylation sites (N-methyl/N-ethyl adjacent to an activating group) is 1. The maximum absolute atomic E-state index is 12.6. The molecule has 5 nitrogen and oxygen atoms in total. The first-order valence-electron chi connectivity index (χ1n) is 7.89. The Balaban J connectivity index is 2.19. The van der Waals surface area contributed by atoms with E-state index in [0.29, 0.717) is 28.6 Å². The summed E-state index contributed by atoms with van der Waals surface area (Å²) >= 11 is 6.31. The lowest BCUT2D eigenvalue weighted by Gasteiger charge is -2.26. The monoisotopic (exact) mass is 362 g/mol. The lowest BCUT2D eigenvalue weighted by Crippen LogP contribution is -2.34. The van der Waals surface area contributed by atoms with Gasteiger partial charge >= 0.3 is 0 Å². The molecule has 0 aliphatic carbocycles. The van der Waals surface area contributed by atoms with Gasteiger partial charge in [0, 0.05) is 11.6 Å². The van der Waals surface area contributed by atoms with Crippen molar-refractivity contribution in [3.8, 4) is 11.5 Å². The highest BCUT2D eigenvalue weighted by Crippen LogP contribution is 2.31. The van der Waals surface area contributed by atoms with Crippen LogP contribution in [0.3, 0.4) is 0 Å². The standard InChI is InChI=1S/C19H23ClN2O3/c1-22(2)16(13-8-5-6-10-15(13)20)12-21-19(23)14-9-7-11-17(24-3)18(14)25-4/h5-11,16H,12H2,1-4H3,(H,21,23)/t16-/m0/s1. The summed E-state index contributed by atoms with van der Waals surface area (Å²) in [6, 6.07) is 12.8. The van der Waals surface area contributed by atoms with E-state index in [2.05, 4.69) is 5.32 Å². The summed E-state index contributed by atoms with van der Waals surface area (Å²) in [7, 11) is 6.96. The first kappa shape index (κ1) is 19.1. The van der Waals surface area contributed by atoms with Crippen molar-refractivity contribution in [3.63, 3.8) is 0 Å². The summed E-state index contributed by atoms with van der Waals surface area (Å²) in [4.78, 5) is 14.7.